The van der Waals surface area contributed by atoms with Crippen LogP contribution in [0.15, 0.2) is 0 Å². The standard InChI is InChI=1S/C6H13O8P.2Na/c1-2-3(7)4(8)5(9)6(13-2)14-15(10,11)12;;/h2-9H,1H3,(H2,10,11,12);;/q;2*+1/p-2/t2?,3-,4+,5-,6?;;/m0../s1. The molecule has 1 heterocycles. The third-order valence-electron chi connectivity index (χ3n) is 2.04. The van der Waals surface area contributed by atoms with E-state index in [0.29, 0.717) is 0 Å². The third kappa shape index (κ3) is 6.29. The summed E-state index contributed by atoms with van der Waals surface area (Å²) in [6, 6.07) is 0. The van der Waals surface area contributed by atoms with Crippen LogP contribution >= 0.6 is 7.82 Å². The Bertz CT molecular complexity index is 273. The van der Waals surface area contributed by atoms with Gasteiger partial charge < -0.3 is 38.9 Å². The van der Waals surface area contributed by atoms with Crippen LogP contribution in [0.2, 0.25) is 0 Å². The molecule has 0 aromatic rings. The number of phosphoric ester groups is 1. The molecule has 3 N–H and O–H groups in total. The first-order chi connectivity index (χ1) is 6.72. The summed E-state index contributed by atoms with van der Waals surface area (Å²) in [5.74, 6) is 0. The molecule has 1 aliphatic rings. The van der Waals surface area contributed by atoms with E-state index in [1.165, 1.54) is 6.92 Å². The van der Waals surface area contributed by atoms with E-state index in [4.69, 9.17) is 4.74 Å². The zero-order valence-electron chi connectivity index (χ0n) is 9.72. The van der Waals surface area contributed by atoms with Crippen molar-refractivity contribution in [1.82, 2.24) is 0 Å². The SMILES string of the molecule is CC1OC(OP(=O)([O-])[O-])[C@@H](O)[C@H](O)[C@H]1O.[Na+].[Na+]. The molecule has 0 saturated carbocycles. The van der Waals surface area contributed by atoms with Crippen LogP contribution in [0.4, 0.5) is 0 Å². The van der Waals surface area contributed by atoms with Crippen molar-refractivity contribution in [3.05, 3.63) is 0 Å². The summed E-state index contributed by atoms with van der Waals surface area (Å²) in [4.78, 5) is 20.5. The van der Waals surface area contributed by atoms with Gasteiger partial charge in [0.2, 0.25) is 0 Å². The molecule has 11 heteroatoms. The first-order valence-corrected chi connectivity index (χ1v) is 5.58. The predicted octanol–water partition coefficient (Wildman–Crippen LogP) is -9.33. The van der Waals surface area contributed by atoms with Crippen molar-refractivity contribution < 1.29 is 98.0 Å². The van der Waals surface area contributed by atoms with E-state index in [0.717, 1.165) is 0 Å². The van der Waals surface area contributed by atoms with Crippen molar-refractivity contribution in [1.29, 1.82) is 0 Å². The normalized spacial score (nSPS) is 37.9. The molecule has 0 aromatic carbocycles. The van der Waals surface area contributed by atoms with Crippen molar-refractivity contribution in [2.24, 2.45) is 0 Å². The van der Waals surface area contributed by atoms with Gasteiger partial charge in [-0.3, -0.25) is 0 Å². The zero-order valence-corrected chi connectivity index (χ0v) is 14.6. The van der Waals surface area contributed by atoms with Gasteiger partial charge in [0, 0.05) is 0 Å². The Labute approximate surface area is 142 Å². The number of aliphatic hydroxyl groups is 3. The summed E-state index contributed by atoms with van der Waals surface area (Å²) in [5.41, 5.74) is 0. The van der Waals surface area contributed by atoms with Crippen LogP contribution in [0.1, 0.15) is 6.92 Å². The van der Waals surface area contributed by atoms with E-state index in [-0.39, 0.29) is 59.1 Å². The second-order valence-electron chi connectivity index (χ2n) is 3.23. The van der Waals surface area contributed by atoms with Gasteiger partial charge in [-0.2, -0.15) is 0 Å². The van der Waals surface area contributed by atoms with Crippen LogP contribution in [-0.4, -0.2) is 46.0 Å². The molecule has 0 bridgehead atoms. The van der Waals surface area contributed by atoms with E-state index in [9.17, 15) is 29.7 Å². The van der Waals surface area contributed by atoms with Gasteiger partial charge in [0.05, 0.1) is 13.9 Å². The molecule has 17 heavy (non-hydrogen) atoms. The van der Waals surface area contributed by atoms with Crippen molar-refractivity contribution in [3.8, 4) is 0 Å². The largest absolute Gasteiger partial charge is 1.00 e. The second kappa shape index (κ2) is 8.28. The maximum Gasteiger partial charge on any atom is 1.00 e. The first-order valence-electron chi connectivity index (χ1n) is 4.12. The van der Waals surface area contributed by atoms with E-state index < -0.39 is 38.5 Å². The summed E-state index contributed by atoms with van der Waals surface area (Å²) in [7, 11) is -5.32. The molecule has 1 aliphatic heterocycles. The van der Waals surface area contributed by atoms with Crippen molar-refractivity contribution in [2.45, 2.75) is 37.6 Å². The number of phosphoric acid groups is 1. The molecule has 0 aliphatic carbocycles. The molecule has 1 rings (SSSR count). The Morgan fingerprint density at radius 2 is 1.59 bits per heavy atom. The van der Waals surface area contributed by atoms with Crippen LogP contribution in [0.5, 0.6) is 0 Å². The summed E-state index contributed by atoms with van der Waals surface area (Å²) < 4.78 is 18.8. The zero-order chi connectivity index (χ0) is 11.8. The van der Waals surface area contributed by atoms with Gasteiger partial charge in [-0.15, -0.1) is 0 Å². The number of hydrogen-bond acceptors (Lipinski definition) is 8. The molecular formula is C6H11Na2O8P. The molecule has 0 radical (unpaired) electrons. The van der Waals surface area contributed by atoms with Gasteiger partial charge in [-0.1, -0.05) is 0 Å². The van der Waals surface area contributed by atoms with Crippen LogP contribution in [0.3, 0.4) is 0 Å². The van der Waals surface area contributed by atoms with Gasteiger partial charge in [0.25, 0.3) is 0 Å². The van der Waals surface area contributed by atoms with Crippen molar-refractivity contribution >= 4 is 7.82 Å². The quantitative estimate of drug-likeness (QED) is 0.336. The van der Waals surface area contributed by atoms with E-state index in [1.54, 1.807) is 0 Å². The molecule has 1 fully saturated rings. The fourth-order valence-corrected chi connectivity index (χ4v) is 1.66. The first kappa shape index (κ1) is 21.3. The maximum atomic E-state index is 10.3. The predicted molar refractivity (Wildman–Crippen MR) is 41.0 cm³/mol. The molecular weight excluding hydrogens is 277 g/mol. The Kier molecular flexibility index (Phi) is 10.4. The maximum absolute atomic E-state index is 10.3. The van der Waals surface area contributed by atoms with E-state index in [2.05, 4.69) is 4.52 Å². The van der Waals surface area contributed by atoms with E-state index >= 15 is 0 Å². The van der Waals surface area contributed by atoms with Gasteiger partial charge in [0.1, 0.15) is 18.3 Å². The average molecular weight is 288 g/mol. The van der Waals surface area contributed by atoms with E-state index in [1.807, 2.05) is 0 Å². The summed E-state index contributed by atoms with van der Waals surface area (Å²) in [6.07, 6.45) is -7.56. The van der Waals surface area contributed by atoms with Gasteiger partial charge in [-0.05, 0) is 6.92 Å². The minimum absolute atomic E-state index is 0. The Balaban J connectivity index is 0. The molecule has 0 spiro atoms. The smallest absolute Gasteiger partial charge is 0.790 e. The summed E-state index contributed by atoms with van der Waals surface area (Å²) >= 11 is 0. The topological polar surface area (TPSA) is 142 Å². The van der Waals surface area contributed by atoms with Crippen LogP contribution in [-0.2, 0) is 13.8 Å². The number of hydrogen-bond donors (Lipinski definition) is 3. The van der Waals surface area contributed by atoms with Gasteiger partial charge in [0.15, 0.2) is 6.29 Å². The fraction of sp³-hybridized carbons (Fsp3) is 1.00. The summed E-state index contributed by atoms with van der Waals surface area (Å²) in [5, 5.41) is 27.7. The minimum atomic E-state index is -5.32. The molecule has 90 valence electrons. The number of rotatable bonds is 2. The molecule has 8 nitrogen and oxygen atoms in total. The monoisotopic (exact) mass is 288 g/mol. The Morgan fingerprint density at radius 3 is 2.00 bits per heavy atom. The molecule has 0 aromatic heterocycles. The second-order valence-corrected chi connectivity index (χ2v) is 4.34. The van der Waals surface area contributed by atoms with Crippen molar-refractivity contribution in [2.75, 3.05) is 0 Å². The molecule has 5 atom stereocenters. The van der Waals surface area contributed by atoms with Gasteiger partial charge in [-0.25, -0.2) is 0 Å². The summed E-state index contributed by atoms with van der Waals surface area (Å²) in [6.45, 7) is 1.33. The molecule has 2 unspecified atom stereocenters. The van der Waals surface area contributed by atoms with Crippen LogP contribution in [0, 0.1) is 0 Å². The van der Waals surface area contributed by atoms with Crippen LogP contribution in [0.25, 0.3) is 0 Å². The van der Waals surface area contributed by atoms with Gasteiger partial charge >= 0.3 is 59.1 Å². The fourth-order valence-electron chi connectivity index (χ4n) is 1.23. The molecule has 1 saturated heterocycles. The minimum Gasteiger partial charge on any atom is -0.790 e. The van der Waals surface area contributed by atoms with Crippen LogP contribution < -0.4 is 68.9 Å². The Hall–Kier alpha value is 1.95. The third-order valence-corrected chi connectivity index (χ3v) is 2.51. The number of aliphatic hydroxyl groups excluding tert-OH is 3. The van der Waals surface area contributed by atoms with Crippen molar-refractivity contribution in [3.63, 3.8) is 0 Å². The average Bonchev–Trinajstić information content (AvgIpc) is 2.08. The number of ether oxygens (including phenoxy) is 1. The Morgan fingerprint density at radius 1 is 1.12 bits per heavy atom. The molecule has 0 amide bonds.